The minimum atomic E-state index is 0.789. The molecular weight excluding hydrogens is 278 g/mol. The summed E-state index contributed by atoms with van der Waals surface area (Å²) in [6.45, 7) is 6.04. The second kappa shape index (κ2) is 6.53. The summed E-state index contributed by atoms with van der Waals surface area (Å²) < 4.78 is 6.56. The second-order valence-electron chi connectivity index (χ2n) is 4.77. The zero-order valence-electron chi connectivity index (χ0n) is 10.3. The lowest BCUT2D eigenvalue weighted by Crippen LogP contribution is -2.27. The van der Waals surface area contributed by atoms with Gasteiger partial charge < -0.3 is 10.1 Å². The average molecular weight is 298 g/mol. The fourth-order valence-electron chi connectivity index (χ4n) is 2.12. The van der Waals surface area contributed by atoms with Crippen molar-refractivity contribution in [1.82, 2.24) is 5.32 Å². The van der Waals surface area contributed by atoms with Gasteiger partial charge in [-0.05, 0) is 49.4 Å². The molecule has 1 saturated heterocycles. The summed E-state index contributed by atoms with van der Waals surface area (Å²) in [5.41, 5.74) is 2.63. The van der Waals surface area contributed by atoms with Gasteiger partial charge in [-0.3, -0.25) is 0 Å². The van der Waals surface area contributed by atoms with E-state index >= 15 is 0 Å². The van der Waals surface area contributed by atoms with Gasteiger partial charge in [-0.2, -0.15) is 0 Å². The van der Waals surface area contributed by atoms with Crippen LogP contribution in [0.4, 0.5) is 0 Å². The van der Waals surface area contributed by atoms with Gasteiger partial charge >= 0.3 is 0 Å². The van der Waals surface area contributed by atoms with Crippen LogP contribution < -0.4 is 5.32 Å². The molecule has 1 fully saturated rings. The molecule has 0 amide bonds. The third kappa shape index (κ3) is 4.09. The maximum absolute atomic E-state index is 5.36. The molecule has 1 heterocycles. The van der Waals surface area contributed by atoms with Crippen LogP contribution in [0.5, 0.6) is 0 Å². The predicted octanol–water partition coefficient (Wildman–Crippen LogP) is 3.27. The zero-order valence-corrected chi connectivity index (χ0v) is 11.9. The van der Waals surface area contributed by atoms with Gasteiger partial charge in [0.15, 0.2) is 0 Å². The standard InChI is InChI=1S/C14H20BrNO/c1-11-2-3-13(8-14(11)15)10-16-9-12-4-6-17-7-5-12/h2-3,8,12,16H,4-7,9-10H2,1H3. The highest BCUT2D eigenvalue weighted by atomic mass is 79.9. The minimum absolute atomic E-state index is 0.789. The largest absolute Gasteiger partial charge is 0.381 e. The van der Waals surface area contributed by atoms with Crippen LogP contribution in [-0.4, -0.2) is 19.8 Å². The van der Waals surface area contributed by atoms with Crippen molar-refractivity contribution >= 4 is 15.9 Å². The van der Waals surface area contributed by atoms with E-state index in [9.17, 15) is 0 Å². The Morgan fingerprint density at radius 1 is 1.35 bits per heavy atom. The summed E-state index contributed by atoms with van der Waals surface area (Å²) in [5.74, 6) is 0.789. The number of nitrogens with one attached hydrogen (secondary N) is 1. The Kier molecular flexibility index (Phi) is 5.01. The summed E-state index contributed by atoms with van der Waals surface area (Å²) in [4.78, 5) is 0. The van der Waals surface area contributed by atoms with E-state index in [4.69, 9.17) is 4.74 Å². The molecule has 1 N–H and O–H groups in total. The molecule has 0 aliphatic carbocycles. The summed E-state index contributed by atoms with van der Waals surface area (Å²) in [5, 5.41) is 3.54. The van der Waals surface area contributed by atoms with Crippen molar-refractivity contribution < 1.29 is 4.74 Å². The lowest BCUT2D eigenvalue weighted by Gasteiger charge is -2.22. The highest BCUT2D eigenvalue weighted by Crippen LogP contribution is 2.18. The molecule has 2 nitrogen and oxygen atoms in total. The van der Waals surface area contributed by atoms with Crippen molar-refractivity contribution in [2.45, 2.75) is 26.3 Å². The first-order valence-electron chi connectivity index (χ1n) is 6.29. The van der Waals surface area contributed by atoms with Crippen molar-refractivity contribution in [1.29, 1.82) is 0 Å². The lowest BCUT2D eigenvalue weighted by molar-refractivity contribution is 0.0662. The molecular formula is C14H20BrNO. The van der Waals surface area contributed by atoms with Gasteiger partial charge in [0.25, 0.3) is 0 Å². The molecule has 0 saturated carbocycles. The fraction of sp³-hybridized carbons (Fsp3) is 0.571. The second-order valence-corrected chi connectivity index (χ2v) is 5.62. The molecule has 1 aromatic carbocycles. The third-order valence-electron chi connectivity index (χ3n) is 3.34. The number of ether oxygens (including phenoxy) is 1. The number of hydrogen-bond donors (Lipinski definition) is 1. The molecule has 1 aromatic rings. The van der Waals surface area contributed by atoms with Gasteiger partial charge in [0.1, 0.15) is 0 Å². The monoisotopic (exact) mass is 297 g/mol. The molecule has 0 unspecified atom stereocenters. The molecule has 17 heavy (non-hydrogen) atoms. The maximum Gasteiger partial charge on any atom is 0.0469 e. The molecule has 0 aromatic heterocycles. The SMILES string of the molecule is Cc1ccc(CNCC2CCOCC2)cc1Br. The fourth-order valence-corrected chi connectivity index (χ4v) is 2.54. The number of rotatable bonds is 4. The van der Waals surface area contributed by atoms with Crippen LogP contribution in [0.25, 0.3) is 0 Å². The smallest absolute Gasteiger partial charge is 0.0469 e. The molecule has 2 rings (SSSR count). The van der Waals surface area contributed by atoms with Gasteiger partial charge in [-0.1, -0.05) is 28.1 Å². The van der Waals surface area contributed by atoms with Gasteiger partial charge in [-0.15, -0.1) is 0 Å². The van der Waals surface area contributed by atoms with E-state index in [0.29, 0.717) is 0 Å². The van der Waals surface area contributed by atoms with E-state index in [0.717, 1.165) is 32.2 Å². The van der Waals surface area contributed by atoms with E-state index in [1.165, 1.54) is 28.4 Å². The Morgan fingerprint density at radius 3 is 2.82 bits per heavy atom. The predicted molar refractivity (Wildman–Crippen MR) is 74.1 cm³/mol. The van der Waals surface area contributed by atoms with Crippen LogP contribution in [0.3, 0.4) is 0 Å². The Hall–Kier alpha value is -0.380. The molecule has 1 aliphatic heterocycles. The van der Waals surface area contributed by atoms with Crippen molar-refractivity contribution in [3.8, 4) is 0 Å². The Labute approximate surface area is 112 Å². The quantitative estimate of drug-likeness (QED) is 0.921. The molecule has 94 valence electrons. The molecule has 0 atom stereocenters. The van der Waals surface area contributed by atoms with Gasteiger partial charge in [0.2, 0.25) is 0 Å². The molecule has 0 radical (unpaired) electrons. The third-order valence-corrected chi connectivity index (χ3v) is 4.19. The van der Waals surface area contributed by atoms with Crippen molar-refractivity contribution in [3.05, 3.63) is 33.8 Å². The Morgan fingerprint density at radius 2 is 2.12 bits per heavy atom. The first-order chi connectivity index (χ1) is 8.25. The Balaban J connectivity index is 1.75. The van der Waals surface area contributed by atoms with E-state index in [2.05, 4.69) is 46.4 Å². The van der Waals surface area contributed by atoms with E-state index in [1.54, 1.807) is 0 Å². The highest BCUT2D eigenvalue weighted by Gasteiger charge is 2.12. The summed E-state index contributed by atoms with van der Waals surface area (Å²) in [6, 6.07) is 6.55. The first-order valence-corrected chi connectivity index (χ1v) is 7.08. The summed E-state index contributed by atoms with van der Waals surface area (Å²) in [6.07, 6.45) is 2.40. The number of aryl methyl sites for hydroxylation is 1. The number of hydrogen-bond acceptors (Lipinski definition) is 2. The van der Waals surface area contributed by atoms with Crippen molar-refractivity contribution in [3.63, 3.8) is 0 Å². The number of halogens is 1. The van der Waals surface area contributed by atoms with Crippen molar-refractivity contribution in [2.24, 2.45) is 5.92 Å². The summed E-state index contributed by atoms with van der Waals surface area (Å²) >= 11 is 3.57. The topological polar surface area (TPSA) is 21.3 Å². The lowest BCUT2D eigenvalue weighted by atomic mass is 10.0. The zero-order chi connectivity index (χ0) is 12.1. The van der Waals surface area contributed by atoms with Crippen LogP contribution in [-0.2, 0) is 11.3 Å². The van der Waals surface area contributed by atoms with E-state index in [-0.39, 0.29) is 0 Å². The van der Waals surface area contributed by atoms with Gasteiger partial charge in [0, 0.05) is 24.2 Å². The normalized spacial score (nSPS) is 17.3. The van der Waals surface area contributed by atoms with Crippen LogP contribution >= 0.6 is 15.9 Å². The molecule has 0 spiro atoms. The molecule has 1 aliphatic rings. The maximum atomic E-state index is 5.36. The highest BCUT2D eigenvalue weighted by molar-refractivity contribution is 9.10. The Bertz CT molecular complexity index is 361. The van der Waals surface area contributed by atoms with E-state index in [1.807, 2.05) is 0 Å². The van der Waals surface area contributed by atoms with Gasteiger partial charge in [0.05, 0.1) is 0 Å². The average Bonchev–Trinajstić information content (AvgIpc) is 2.35. The number of benzene rings is 1. The van der Waals surface area contributed by atoms with Crippen LogP contribution in [0, 0.1) is 12.8 Å². The van der Waals surface area contributed by atoms with Gasteiger partial charge in [-0.25, -0.2) is 0 Å². The molecule has 3 heteroatoms. The van der Waals surface area contributed by atoms with Crippen LogP contribution in [0.2, 0.25) is 0 Å². The van der Waals surface area contributed by atoms with E-state index < -0.39 is 0 Å². The summed E-state index contributed by atoms with van der Waals surface area (Å²) in [7, 11) is 0. The first kappa shape index (κ1) is 13.1. The molecule has 0 bridgehead atoms. The van der Waals surface area contributed by atoms with Crippen molar-refractivity contribution in [2.75, 3.05) is 19.8 Å². The van der Waals surface area contributed by atoms with Crippen LogP contribution in [0.1, 0.15) is 24.0 Å². The van der Waals surface area contributed by atoms with Crippen LogP contribution in [0.15, 0.2) is 22.7 Å². The minimum Gasteiger partial charge on any atom is -0.381 e.